The van der Waals surface area contributed by atoms with Gasteiger partial charge in [-0.1, -0.05) is 146 Å². The first-order valence-corrected chi connectivity index (χ1v) is 18.0. The van der Waals surface area contributed by atoms with Crippen molar-refractivity contribution in [2.75, 3.05) is 5.43 Å². The Kier molecular flexibility index (Phi) is 7.77. The summed E-state index contributed by atoms with van der Waals surface area (Å²) in [4.78, 5) is 19.6. The molecule has 0 atom stereocenters. The molecule has 0 saturated carbocycles. The van der Waals surface area contributed by atoms with Gasteiger partial charge in [0, 0.05) is 38.6 Å². The van der Waals surface area contributed by atoms with E-state index in [0.29, 0.717) is 28.9 Å². The van der Waals surface area contributed by atoms with E-state index in [1.54, 1.807) is 0 Å². The maximum absolute atomic E-state index is 9.36. The second-order valence-electron chi connectivity index (χ2n) is 13.2. The van der Waals surface area contributed by atoms with Gasteiger partial charge in [0.05, 0.1) is 16.4 Å². The number of hydrogen-bond acceptors (Lipinski definition) is 5. The number of nitrogens with zero attached hydrogens (tertiary/aromatic N) is 5. The Morgan fingerprint density at radius 1 is 0.491 bits per heavy atom. The zero-order chi connectivity index (χ0) is 36.7. The highest BCUT2D eigenvalue weighted by atomic mass is 16.3. The highest BCUT2D eigenvalue weighted by Crippen LogP contribution is 2.39. The van der Waals surface area contributed by atoms with E-state index in [-0.39, 0.29) is 5.84 Å². The third-order valence-electron chi connectivity index (χ3n) is 9.76. The van der Waals surface area contributed by atoms with Crippen molar-refractivity contribution in [1.82, 2.24) is 19.6 Å². The first-order valence-electron chi connectivity index (χ1n) is 18.0. The van der Waals surface area contributed by atoms with Crippen LogP contribution in [0.4, 0.5) is 0 Å². The summed E-state index contributed by atoms with van der Waals surface area (Å²) in [6.07, 6.45) is 0. The zero-order valence-corrected chi connectivity index (χ0v) is 29.4. The fourth-order valence-corrected chi connectivity index (χ4v) is 7.18. The summed E-state index contributed by atoms with van der Waals surface area (Å²) in [5.41, 5.74) is 11.1. The average molecular weight is 710 g/mol. The predicted octanol–water partition coefficient (Wildman–Crippen LogP) is 10.9. The first-order chi connectivity index (χ1) is 27.2. The lowest BCUT2D eigenvalue weighted by molar-refractivity contribution is 0.664. The minimum Gasteiger partial charge on any atom is -0.456 e. The van der Waals surface area contributed by atoms with Crippen molar-refractivity contribution in [2.24, 2.45) is 4.99 Å². The summed E-state index contributed by atoms with van der Waals surface area (Å²) < 4.78 is 8.59. The lowest BCUT2D eigenvalue weighted by Crippen LogP contribution is -2.25. The van der Waals surface area contributed by atoms with E-state index in [1.165, 1.54) is 0 Å². The molecule has 55 heavy (non-hydrogen) atoms. The van der Waals surface area contributed by atoms with Crippen molar-refractivity contribution in [2.45, 2.75) is 0 Å². The second kappa shape index (κ2) is 13.4. The number of amidine groups is 2. The highest BCUT2D eigenvalue weighted by molar-refractivity contribution is 6.27. The summed E-state index contributed by atoms with van der Waals surface area (Å²) in [7, 11) is 0. The van der Waals surface area contributed by atoms with E-state index < -0.39 is 0 Å². The predicted molar refractivity (Wildman–Crippen MR) is 222 cm³/mol. The van der Waals surface area contributed by atoms with Crippen LogP contribution in [0.2, 0.25) is 0 Å². The number of aromatic nitrogens is 4. The molecule has 8 nitrogen and oxygen atoms in total. The van der Waals surface area contributed by atoms with Gasteiger partial charge < -0.3 is 4.42 Å². The van der Waals surface area contributed by atoms with Crippen LogP contribution >= 0.6 is 0 Å². The van der Waals surface area contributed by atoms with Crippen LogP contribution in [-0.2, 0) is 0 Å². The Hall–Kier alpha value is -7.71. The molecule has 0 unspecified atom stereocenters. The quantitative estimate of drug-likeness (QED) is 0.132. The Bertz CT molecular complexity index is 3020. The van der Waals surface area contributed by atoms with Crippen LogP contribution < -0.4 is 5.43 Å². The van der Waals surface area contributed by atoms with Crippen molar-refractivity contribution in [3.05, 3.63) is 187 Å². The van der Waals surface area contributed by atoms with Gasteiger partial charge in [-0.15, -0.1) is 0 Å². The largest absolute Gasteiger partial charge is 0.456 e. The van der Waals surface area contributed by atoms with Gasteiger partial charge in [-0.25, -0.2) is 19.9 Å². The van der Waals surface area contributed by atoms with Gasteiger partial charge >= 0.3 is 0 Å². The standard InChI is InChI=1S/C47H31N7O/c48-43(33-21-12-22-34(29-33)46-51-44(30-15-4-1-5-16-30)50-45(52-46)31-17-6-2-7-18-31)49-47(32-19-8-3-9-20-32)53-54-37-25-13-24-36-35-23-10-11-27-39(35)55-40-28-14-26-38(54)42(40)41(36)37/h1-29H,(H2,48,49,53). The molecule has 0 fully saturated rings. The van der Waals surface area contributed by atoms with Gasteiger partial charge in [-0.2, -0.15) is 0 Å². The second-order valence-corrected chi connectivity index (χ2v) is 13.2. The minimum atomic E-state index is 0.0781. The molecule has 10 aromatic rings. The molecular weight excluding hydrogens is 679 g/mol. The van der Waals surface area contributed by atoms with Crippen LogP contribution in [-0.4, -0.2) is 31.3 Å². The Morgan fingerprint density at radius 3 is 1.71 bits per heavy atom. The number of hydrogen-bond donors (Lipinski definition) is 2. The fraction of sp³-hybridized carbons (Fsp3) is 0. The van der Waals surface area contributed by atoms with Crippen LogP contribution in [0.25, 0.3) is 77.9 Å². The number of rotatable bonds is 6. The van der Waals surface area contributed by atoms with Gasteiger partial charge in [-0.05, 0) is 35.7 Å². The normalized spacial score (nSPS) is 11.8. The molecule has 0 saturated heterocycles. The molecule has 2 N–H and O–H groups in total. The number of nitrogens with one attached hydrogen (secondary N) is 2. The lowest BCUT2D eigenvalue weighted by Gasteiger charge is -2.15. The lowest BCUT2D eigenvalue weighted by atomic mass is 10.1. The molecular formula is C47H31N7O. The van der Waals surface area contributed by atoms with Crippen molar-refractivity contribution in [3.8, 4) is 34.2 Å². The molecule has 0 spiro atoms. The van der Waals surface area contributed by atoms with E-state index in [0.717, 1.165) is 66.0 Å². The molecule has 0 radical (unpaired) electrons. The number of para-hydroxylation sites is 1. The average Bonchev–Trinajstić information content (AvgIpc) is 3.49. The van der Waals surface area contributed by atoms with Gasteiger partial charge in [0.15, 0.2) is 29.1 Å². The van der Waals surface area contributed by atoms with Crippen LogP contribution in [0.5, 0.6) is 0 Å². The monoisotopic (exact) mass is 709 g/mol. The Labute approximate surface area is 315 Å². The molecule has 0 aliphatic carbocycles. The summed E-state index contributed by atoms with van der Waals surface area (Å²) in [6.45, 7) is 0. The Balaban J connectivity index is 1.09. The number of benzene rings is 7. The third-order valence-corrected chi connectivity index (χ3v) is 9.76. The zero-order valence-electron chi connectivity index (χ0n) is 29.4. The SMILES string of the molecule is N=C(N=C(Nn1c2cccc3oc4ccccc4c4cccc1c4c32)c1ccccc1)c1cccc(-c2nc(-c3ccccc3)nc(-c3ccccc3)n2)c1. The third kappa shape index (κ3) is 5.78. The van der Waals surface area contributed by atoms with E-state index in [1.807, 2.05) is 150 Å². The molecule has 0 bridgehead atoms. The molecule has 3 aromatic heterocycles. The van der Waals surface area contributed by atoms with Crippen LogP contribution in [0, 0.1) is 5.41 Å². The summed E-state index contributed by atoms with van der Waals surface area (Å²) in [6, 6.07) is 57.9. The maximum atomic E-state index is 9.36. The summed E-state index contributed by atoms with van der Waals surface area (Å²) in [5.74, 6) is 2.25. The Morgan fingerprint density at radius 2 is 1.00 bits per heavy atom. The number of aliphatic imine (C=N–C) groups is 1. The minimum absolute atomic E-state index is 0.0781. The molecule has 3 heterocycles. The molecule has 0 aliphatic heterocycles. The topological polar surface area (TPSA) is 105 Å². The van der Waals surface area contributed by atoms with Crippen LogP contribution in [0.15, 0.2) is 185 Å². The van der Waals surface area contributed by atoms with E-state index in [2.05, 4.69) is 35.8 Å². The molecule has 10 rings (SSSR count). The maximum Gasteiger partial charge on any atom is 0.164 e. The molecule has 0 amide bonds. The van der Waals surface area contributed by atoms with Crippen molar-refractivity contribution >= 4 is 55.4 Å². The van der Waals surface area contributed by atoms with E-state index >= 15 is 0 Å². The first kappa shape index (κ1) is 32.0. The molecule has 7 aromatic carbocycles. The highest BCUT2D eigenvalue weighted by Gasteiger charge is 2.20. The van der Waals surface area contributed by atoms with Gasteiger partial charge in [0.1, 0.15) is 11.2 Å². The molecule has 0 aliphatic rings. The van der Waals surface area contributed by atoms with Crippen molar-refractivity contribution in [1.29, 1.82) is 5.41 Å². The molecule has 260 valence electrons. The van der Waals surface area contributed by atoms with Crippen molar-refractivity contribution in [3.63, 3.8) is 0 Å². The van der Waals surface area contributed by atoms with E-state index in [4.69, 9.17) is 24.4 Å². The molecule has 8 heteroatoms. The van der Waals surface area contributed by atoms with Crippen molar-refractivity contribution < 1.29 is 4.42 Å². The van der Waals surface area contributed by atoms with Crippen LogP contribution in [0.1, 0.15) is 11.1 Å². The fourth-order valence-electron chi connectivity index (χ4n) is 7.18. The van der Waals surface area contributed by atoms with E-state index in [9.17, 15) is 5.41 Å². The number of fused-ring (bicyclic) bond motifs is 2. The van der Waals surface area contributed by atoms with Gasteiger partial charge in [-0.3, -0.25) is 15.5 Å². The van der Waals surface area contributed by atoms with Gasteiger partial charge in [0.2, 0.25) is 0 Å². The summed E-state index contributed by atoms with van der Waals surface area (Å²) >= 11 is 0. The smallest absolute Gasteiger partial charge is 0.164 e. The van der Waals surface area contributed by atoms with Crippen LogP contribution in [0.3, 0.4) is 0 Å². The summed E-state index contributed by atoms with van der Waals surface area (Å²) in [5, 5.41) is 13.6. The van der Waals surface area contributed by atoms with Gasteiger partial charge in [0.25, 0.3) is 0 Å².